The van der Waals surface area contributed by atoms with Crippen LogP contribution in [0.2, 0.25) is 0 Å². The van der Waals surface area contributed by atoms with Crippen molar-refractivity contribution in [3.05, 3.63) is 58.6 Å². The molecule has 0 aromatic carbocycles. The van der Waals surface area contributed by atoms with E-state index in [4.69, 9.17) is 5.73 Å². The molecule has 0 bridgehead atoms. The molecule has 18 heavy (non-hydrogen) atoms. The van der Waals surface area contributed by atoms with Crippen molar-refractivity contribution in [1.82, 2.24) is 4.98 Å². The molecule has 0 fully saturated rings. The molecule has 0 amide bonds. The molecule has 0 radical (unpaired) electrons. The molecule has 2 aromatic heterocycles. The minimum absolute atomic E-state index is 0.611. The molecule has 0 spiro atoms. The van der Waals surface area contributed by atoms with Crippen LogP contribution in [-0.4, -0.2) is 10.7 Å². The van der Waals surface area contributed by atoms with Gasteiger partial charge in [0, 0.05) is 12.4 Å². The Morgan fingerprint density at radius 1 is 1.50 bits per heavy atom. The molecule has 2 rings (SSSR count). The maximum atomic E-state index is 6.02. The van der Waals surface area contributed by atoms with Crippen molar-refractivity contribution in [3.63, 3.8) is 0 Å². The van der Waals surface area contributed by atoms with Gasteiger partial charge in [-0.05, 0) is 41.6 Å². The van der Waals surface area contributed by atoms with Crippen LogP contribution in [0.5, 0.6) is 0 Å². The number of rotatable bonds is 4. The lowest BCUT2D eigenvalue weighted by Crippen LogP contribution is -1.99. The van der Waals surface area contributed by atoms with Gasteiger partial charge in [0.05, 0.1) is 22.8 Å². The third-order valence-corrected chi connectivity index (χ3v) is 3.77. The van der Waals surface area contributed by atoms with Gasteiger partial charge < -0.3 is 5.73 Å². The van der Waals surface area contributed by atoms with Crippen molar-refractivity contribution >= 4 is 22.7 Å². The lowest BCUT2D eigenvalue weighted by Gasteiger charge is -2.01. The SMILES string of the molecule is C=CC(=NCc1ccncc1)c1scc(C)c1N. The number of hydrogen-bond acceptors (Lipinski definition) is 4. The van der Waals surface area contributed by atoms with Gasteiger partial charge in [0.25, 0.3) is 0 Å². The van der Waals surface area contributed by atoms with Crippen LogP contribution in [0, 0.1) is 6.92 Å². The standard InChI is InChI=1S/C14H15N3S/c1-3-12(14-13(15)10(2)9-18-14)17-8-11-4-6-16-7-5-11/h3-7,9H,1,8,15H2,2H3. The second kappa shape index (κ2) is 5.60. The third-order valence-electron chi connectivity index (χ3n) is 2.63. The van der Waals surface area contributed by atoms with Crippen LogP contribution < -0.4 is 5.73 Å². The van der Waals surface area contributed by atoms with Gasteiger partial charge in [-0.15, -0.1) is 11.3 Å². The highest BCUT2D eigenvalue weighted by atomic mass is 32.1. The Kier molecular flexibility index (Phi) is 3.89. The first-order valence-electron chi connectivity index (χ1n) is 5.62. The van der Waals surface area contributed by atoms with E-state index in [0.29, 0.717) is 6.54 Å². The fourth-order valence-electron chi connectivity index (χ4n) is 1.55. The van der Waals surface area contributed by atoms with Gasteiger partial charge in [-0.3, -0.25) is 9.98 Å². The van der Waals surface area contributed by atoms with E-state index in [1.807, 2.05) is 24.4 Å². The van der Waals surface area contributed by atoms with E-state index in [1.165, 1.54) is 0 Å². The molecule has 2 N–H and O–H groups in total. The van der Waals surface area contributed by atoms with Gasteiger partial charge >= 0.3 is 0 Å². The maximum Gasteiger partial charge on any atom is 0.0765 e. The molecule has 3 nitrogen and oxygen atoms in total. The Morgan fingerprint density at radius 3 is 2.78 bits per heavy atom. The summed E-state index contributed by atoms with van der Waals surface area (Å²) < 4.78 is 0. The molecule has 92 valence electrons. The maximum absolute atomic E-state index is 6.02. The zero-order valence-electron chi connectivity index (χ0n) is 10.3. The molecule has 0 saturated heterocycles. The average molecular weight is 257 g/mol. The van der Waals surface area contributed by atoms with Crippen LogP contribution >= 0.6 is 11.3 Å². The monoisotopic (exact) mass is 257 g/mol. The number of pyridine rings is 1. The minimum atomic E-state index is 0.611. The number of aliphatic imine (C=N–C) groups is 1. The Bertz CT molecular complexity index is 570. The van der Waals surface area contributed by atoms with E-state index in [9.17, 15) is 0 Å². The Labute approximate surface area is 111 Å². The molecule has 0 aliphatic heterocycles. The highest BCUT2D eigenvalue weighted by Gasteiger charge is 2.08. The van der Waals surface area contributed by atoms with Crippen molar-refractivity contribution in [1.29, 1.82) is 0 Å². The van der Waals surface area contributed by atoms with Gasteiger partial charge in [-0.2, -0.15) is 0 Å². The Balaban J connectivity index is 2.24. The Morgan fingerprint density at radius 2 is 2.22 bits per heavy atom. The summed E-state index contributed by atoms with van der Waals surface area (Å²) in [5, 5.41) is 2.04. The smallest absolute Gasteiger partial charge is 0.0765 e. The van der Waals surface area contributed by atoms with Crippen molar-refractivity contribution < 1.29 is 0 Å². The fourth-order valence-corrected chi connectivity index (χ4v) is 2.52. The molecule has 0 aliphatic rings. The number of hydrogen-bond donors (Lipinski definition) is 1. The molecule has 0 atom stereocenters. The molecule has 2 aromatic rings. The summed E-state index contributed by atoms with van der Waals surface area (Å²) >= 11 is 1.60. The number of nitrogens with two attached hydrogens (primary N) is 1. The highest BCUT2D eigenvalue weighted by Crippen LogP contribution is 2.25. The third kappa shape index (κ3) is 2.65. The molecule has 0 saturated carbocycles. The number of allylic oxidation sites excluding steroid dienone is 1. The van der Waals surface area contributed by atoms with Gasteiger partial charge in [0.1, 0.15) is 0 Å². The normalized spacial score (nSPS) is 11.5. The van der Waals surface area contributed by atoms with Crippen LogP contribution in [0.15, 0.2) is 47.6 Å². The number of aryl methyl sites for hydroxylation is 1. The predicted octanol–water partition coefficient (Wildman–Crippen LogP) is 3.21. The van der Waals surface area contributed by atoms with E-state index in [-0.39, 0.29) is 0 Å². The second-order valence-corrected chi connectivity index (χ2v) is 4.80. The topological polar surface area (TPSA) is 51.3 Å². The number of thiophene rings is 1. The summed E-state index contributed by atoms with van der Waals surface area (Å²) in [5.41, 5.74) is 9.88. The summed E-state index contributed by atoms with van der Waals surface area (Å²) in [7, 11) is 0. The van der Waals surface area contributed by atoms with E-state index < -0.39 is 0 Å². The molecule has 2 heterocycles. The average Bonchev–Trinajstić information content (AvgIpc) is 2.73. The number of anilines is 1. The van der Waals surface area contributed by atoms with Crippen molar-refractivity contribution in [2.24, 2.45) is 4.99 Å². The van der Waals surface area contributed by atoms with Crippen LogP contribution in [0.3, 0.4) is 0 Å². The summed E-state index contributed by atoms with van der Waals surface area (Å²) in [6.45, 7) is 6.42. The molecular formula is C14H15N3S. The van der Waals surface area contributed by atoms with Gasteiger partial charge in [-0.1, -0.05) is 6.58 Å². The largest absolute Gasteiger partial charge is 0.397 e. The predicted molar refractivity (Wildman–Crippen MR) is 78.1 cm³/mol. The van der Waals surface area contributed by atoms with Crippen LogP contribution in [0.1, 0.15) is 16.0 Å². The Hall–Kier alpha value is -1.94. The first-order valence-corrected chi connectivity index (χ1v) is 6.50. The second-order valence-electron chi connectivity index (χ2n) is 3.92. The molecule has 0 aliphatic carbocycles. The number of aromatic nitrogens is 1. The van der Waals surface area contributed by atoms with E-state index in [1.54, 1.807) is 29.8 Å². The van der Waals surface area contributed by atoms with Crippen molar-refractivity contribution in [2.45, 2.75) is 13.5 Å². The minimum Gasteiger partial charge on any atom is -0.397 e. The summed E-state index contributed by atoms with van der Waals surface area (Å²) in [5.74, 6) is 0. The highest BCUT2D eigenvalue weighted by molar-refractivity contribution is 7.13. The molecular weight excluding hydrogens is 242 g/mol. The van der Waals surface area contributed by atoms with Crippen LogP contribution in [0.25, 0.3) is 0 Å². The number of nitrogens with zero attached hydrogens (tertiary/aromatic N) is 2. The van der Waals surface area contributed by atoms with E-state index in [0.717, 1.165) is 27.4 Å². The van der Waals surface area contributed by atoms with Gasteiger partial charge in [0.15, 0.2) is 0 Å². The summed E-state index contributed by atoms with van der Waals surface area (Å²) in [6, 6.07) is 3.90. The first kappa shape index (κ1) is 12.5. The zero-order valence-corrected chi connectivity index (χ0v) is 11.1. The van der Waals surface area contributed by atoms with Gasteiger partial charge in [0.2, 0.25) is 0 Å². The molecule has 0 unspecified atom stereocenters. The first-order chi connectivity index (χ1) is 8.72. The van der Waals surface area contributed by atoms with Crippen LogP contribution in [-0.2, 0) is 6.54 Å². The lowest BCUT2D eigenvalue weighted by molar-refractivity contribution is 1.06. The van der Waals surface area contributed by atoms with Gasteiger partial charge in [-0.25, -0.2) is 0 Å². The number of nitrogen functional groups attached to an aromatic ring is 1. The van der Waals surface area contributed by atoms with E-state index >= 15 is 0 Å². The summed E-state index contributed by atoms with van der Waals surface area (Å²) in [6.07, 6.45) is 5.28. The molecule has 4 heteroatoms. The van der Waals surface area contributed by atoms with E-state index in [2.05, 4.69) is 16.6 Å². The van der Waals surface area contributed by atoms with Crippen LogP contribution in [0.4, 0.5) is 5.69 Å². The zero-order chi connectivity index (χ0) is 13.0. The summed E-state index contributed by atoms with van der Waals surface area (Å²) in [4.78, 5) is 9.54. The fraction of sp³-hybridized carbons (Fsp3) is 0.143. The van der Waals surface area contributed by atoms with Crippen molar-refractivity contribution in [3.8, 4) is 0 Å². The van der Waals surface area contributed by atoms with Crippen molar-refractivity contribution in [2.75, 3.05) is 5.73 Å². The quantitative estimate of drug-likeness (QED) is 0.855. The lowest BCUT2D eigenvalue weighted by atomic mass is 10.2.